The Bertz CT molecular complexity index is 1020. The van der Waals surface area contributed by atoms with Gasteiger partial charge in [0, 0.05) is 17.1 Å². The monoisotopic (exact) mass is 409 g/mol. The average molecular weight is 410 g/mol. The molecule has 2 heterocycles. The number of halogens is 2. The quantitative estimate of drug-likeness (QED) is 0.642. The summed E-state index contributed by atoms with van der Waals surface area (Å²) in [7, 11) is 1.54. The molecule has 1 aliphatic heterocycles. The molecule has 0 aliphatic carbocycles. The Hall–Kier alpha value is -2.15. The van der Waals surface area contributed by atoms with E-state index in [1.165, 1.54) is 18.4 Å². The van der Waals surface area contributed by atoms with Crippen molar-refractivity contribution in [1.82, 2.24) is 0 Å². The molecule has 0 spiro atoms. The largest absolute Gasteiger partial charge is 0.495 e. The van der Waals surface area contributed by atoms with Gasteiger partial charge in [-0.2, -0.15) is 0 Å². The van der Waals surface area contributed by atoms with E-state index in [4.69, 9.17) is 37.4 Å². The van der Waals surface area contributed by atoms with Crippen molar-refractivity contribution in [3.63, 3.8) is 0 Å². The first kappa shape index (κ1) is 17.3. The normalized spacial score (nSPS) is 12.9. The van der Waals surface area contributed by atoms with Crippen LogP contribution in [0, 0.1) is 0 Å². The third-order valence-corrected chi connectivity index (χ3v) is 6.14. The van der Waals surface area contributed by atoms with Crippen LogP contribution >= 0.6 is 34.5 Å². The highest BCUT2D eigenvalue weighted by molar-refractivity contribution is 7.22. The lowest BCUT2D eigenvalue weighted by atomic mass is 10.2. The Balaban J connectivity index is 1.66. The van der Waals surface area contributed by atoms with E-state index < -0.39 is 0 Å². The molecule has 2 aromatic carbocycles. The molecule has 5 nitrogen and oxygen atoms in total. The molecular formula is C18H13Cl2NO4S. The van der Waals surface area contributed by atoms with E-state index >= 15 is 0 Å². The number of methoxy groups -OCH3 is 1. The van der Waals surface area contributed by atoms with E-state index in [0.29, 0.717) is 55.8 Å². The van der Waals surface area contributed by atoms with E-state index in [-0.39, 0.29) is 5.91 Å². The number of benzene rings is 2. The molecule has 0 bridgehead atoms. The Morgan fingerprint density at radius 3 is 2.65 bits per heavy atom. The van der Waals surface area contributed by atoms with Crippen LogP contribution in [0.3, 0.4) is 0 Å². The molecule has 0 saturated carbocycles. The highest BCUT2D eigenvalue weighted by Gasteiger charge is 2.21. The van der Waals surface area contributed by atoms with Gasteiger partial charge in [-0.3, -0.25) is 4.79 Å². The Morgan fingerprint density at radius 1 is 1.12 bits per heavy atom. The van der Waals surface area contributed by atoms with Crippen LogP contribution in [0.15, 0.2) is 30.3 Å². The zero-order valence-corrected chi connectivity index (χ0v) is 15.9. The number of hydrogen-bond acceptors (Lipinski definition) is 5. The SMILES string of the molecule is COc1ccc2c(Cl)c(C(=O)Nc3ccc4c(c3)OCCO4)sc2c1Cl. The molecule has 3 aromatic rings. The lowest BCUT2D eigenvalue weighted by molar-refractivity contribution is 0.103. The molecule has 1 N–H and O–H groups in total. The fourth-order valence-electron chi connectivity index (χ4n) is 2.69. The molecule has 1 aromatic heterocycles. The first-order chi connectivity index (χ1) is 12.6. The molecule has 0 unspecified atom stereocenters. The van der Waals surface area contributed by atoms with Crippen LogP contribution in [0.4, 0.5) is 5.69 Å². The standard InChI is InChI=1S/C18H13Cl2NO4S/c1-23-12-5-3-10-14(19)17(26-16(10)15(12)20)18(22)21-9-2-4-11-13(8-9)25-7-6-24-11/h2-5,8H,6-7H2,1H3,(H,21,22). The molecule has 26 heavy (non-hydrogen) atoms. The summed E-state index contributed by atoms with van der Waals surface area (Å²) in [5.74, 6) is 1.48. The highest BCUT2D eigenvalue weighted by atomic mass is 35.5. The molecule has 0 fully saturated rings. The lowest BCUT2D eigenvalue weighted by Crippen LogP contribution is -2.16. The zero-order chi connectivity index (χ0) is 18.3. The molecule has 8 heteroatoms. The van der Waals surface area contributed by atoms with Gasteiger partial charge in [-0.15, -0.1) is 11.3 Å². The summed E-state index contributed by atoms with van der Waals surface area (Å²) in [5, 5.41) is 4.36. The molecular weight excluding hydrogens is 397 g/mol. The van der Waals surface area contributed by atoms with Gasteiger partial charge in [-0.1, -0.05) is 23.2 Å². The van der Waals surface area contributed by atoms with Crippen molar-refractivity contribution in [2.24, 2.45) is 0 Å². The van der Waals surface area contributed by atoms with Crippen LogP contribution in [-0.2, 0) is 0 Å². The van der Waals surface area contributed by atoms with Gasteiger partial charge in [0.1, 0.15) is 28.9 Å². The molecule has 134 valence electrons. The Labute approximate surface area is 163 Å². The summed E-state index contributed by atoms with van der Waals surface area (Å²) >= 11 is 14.0. The number of carbonyl (C=O) groups excluding carboxylic acids is 1. The summed E-state index contributed by atoms with van der Waals surface area (Å²) in [6, 6.07) is 8.76. The van der Waals surface area contributed by atoms with Gasteiger partial charge in [0.05, 0.1) is 16.8 Å². The van der Waals surface area contributed by atoms with Crippen molar-refractivity contribution in [1.29, 1.82) is 0 Å². The first-order valence-electron chi connectivity index (χ1n) is 7.74. The molecule has 0 radical (unpaired) electrons. The maximum absolute atomic E-state index is 12.7. The number of carbonyl (C=O) groups is 1. The summed E-state index contributed by atoms with van der Waals surface area (Å²) in [5.41, 5.74) is 0.594. The van der Waals surface area contributed by atoms with Gasteiger partial charge < -0.3 is 19.5 Å². The lowest BCUT2D eigenvalue weighted by Gasteiger charge is -2.18. The number of anilines is 1. The fourth-order valence-corrected chi connectivity index (χ4v) is 4.48. The van der Waals surface area contributed by atoms with Gasteiger partial charge in [0.25, 0.3) is 5.91 Å². The fraction of sp³-hybridized carbons (Fsp3) is 0.167. The Kier molecular flexibility index (Phi) is 4.56. The summed E-state index contributed by atoms with van der Waals surface area (Å²) in [6.45, 7) is 0.993. The van der Waals surface area contributed by atoms with E-state index in [1.807, 2.05) is 0 Å². The van der Waals surface area contributed by atoms with Crippen LogP contribution in [0.25, 0.3) is 10.1 Å². The van der Waals surface area contributed by atoms with Crippen molar-refractivity contribution in [2.45, 2.75) is 0 Å². The van der Waals surface area contributed by atoms with E-state index in [2.05, 4.69) is 5.32 Å². The number of nitrogens with one attached hydrogen (secondary N) is 1. The number of rotatable bonds is 3. The topological polar surface area (TPSA) is 56.8 Å². The minimum atomic E-state index is -0.317. The number of fused-ring (bicyclic) bond motifs is 2. The summed E-state index contributed by atoms with van der Waals surface area (Å²) in [4.78, 5) is 13.1. The minimum Gasteiger partial charge on any atom is -0.495 e. The summed E-state index contributed by atoms with van der Waals surface area (Å²) in [6.07, 6.45) is 0. The van der Waals surface area contributed by atoms with Gasteiger partial charge >= 0.3 is 0 Å². The highest BCUT2D eigenvalue weighted by Crippen LogP contribution is 2.43. The maximum Gasteiger partial charge on any atom is 0.267 e. The van der Waals surface area contributed by atoms with E-state index in [0.717, 1.165) is 5.39 Å². The predicted molar refractivity (Wildman–Crippen MR) is 104 cm³/mol. The van der Waals surface area contributed by atoms with Gasteiger partial charge in [-0.05, 0) is 24.3 Å². The molecule has 0 saturated heterocycles. The molecule has 0 atom stereocenters. The third kappa shape index (κ3) is 2.94. The number of thiophene rings is 1. The van der Waals surface area contributed by atoms with Crippen molar-refractivity contribution in [3.8, 4) is 17.2 Å². The third-order valence-electron chi connectivity index (χ3n) is 3.93. The van der Waals surface area contributed by atoms with Crippen molar-refractivity contribution < 1.29 is 19.0 Å². The second-order valence-electron chi connectivity index (χ2n) is 5.52. The second kappa shape index (κ2) is 6.87. The summed E-state index contributed by atoms with van der Waals surface area (Å²) < 4.78 is 16.9. The predicted octanol–water partition coefficient (Wildman–Crippen LogP) is 5.24. The van der Waals surface area contributed by atoms with Crippen molar-refractivity contribution in [3.05, 3.63) is 45.3 Å². The smallest absolute Gasteiger partial charge is 0.267 e. The second-order valence-corrected chi connectivity index (χ2v) is 7.29. The average Bonchev–Trinajstić information content (AvgIpc) is 3.00. The number of amides is 1. The van der Waals surface area contributed by atoms with Crippen LogP contribution in [0.2, 0.25) is 10.0 Å². The number of hydrogen-bond donors (Lipinski definition) is 1. The van der Waals surface area contributed by atoms with Gasteiger partial charge in [0.2, 0.25) is 0 Å². The van der Waals surface area contributed by atoms with Crippen LogP contribution in [0.1, 0.15) is 9.67 Å². The van der Waals surface area contributed by atoms with Gasteiger partial charge in [-0.25, -0.2) is 0 Å². The molecule has 4 rings (SSSR count). The van der Waals surface area contributed by atoms with Crippen molar-refractivity contribution in [2.75, 3.05) is 25.6 Å². The number of ether oxygens (including phenoxy) is 3. The van der Waals surface area contributed by atoms with Crippen LogP contribution < -0.4 is 19.5 Å². The molecule has 1 amide bonds. The van der Waals surface area contributed by atoms with Crippen molar-refractivity contribution >= 4 is 56.2 Å². The Morgan fingerprint density at radius 2 is 1.88 bits per heavy atom. The molecule has 1 aliphatic rings. The zero-order valence-electron chi connectivity index (χ0n) is 13.6. The van der Waals surface area contributed by atoms with Crippen LogP contribution in [-0.4, -0.2) is 26.2 Å². The maximum atomic E-state index is 12.7. The minimum absolute atomic E-state index is 0.317. The van der Waals surface area contributed by atoms with Crippen LogP contribution in [0.5, 0.6) is 17.2 Å². The van der Waals surface area contributed by atoms with Gasteiger partial charge in [0.15, 0.2) is 11.5 Å². The van der Waals surface area contributed by atoms with E-state index in [9.17, 15) is 4.79 Å². The first-order valence-corrected chi connectivity index (χ1v) is 9.31. The van der Waals surface area contributed by atoms with E-state index in [1.54, 1.807) is 30.3 Å².